The zero-order chi connectivity index (χ0) is 50.0. The van der Waals surface area contributed by atoms with E-state index in [0.717, 1.165) is 122 Å². The van der Waals surface area contributed by atoms with Crippen LogP contribution in [0.25, 0.3) is 0 Å². The van der Waals surface area contributed by atoms with Crippen molar-refractivity contribution in [3.05, 3.63) is 109 Å². The molecule has 0 saturated heterocycles. The highest BCUT2D eigenvalue weighted by molar-refractivity contribution is 5.71. The topological polar surface area (TPSA) is 78.9 Å². The largest absolute Gasteiger partial charge is 0.462 e. The number of rotatable bonds is 50. The zero-order valence-corrected chi connectivity index (χ0v) is 44.8. The second kappa shape index (κ2) is 56.7. The summed E-state index contributed by atoms with van der Waals surface area (Å²) in [5.41, 5.74) is 0. The minimum absolute atomic E-state index is 0.103. The lowest BCUT2D eigenvalue weighted by Crippen LogP contribution is -2.30. The third-order valence-electron chi connectivity index (χ3n) is 11.7. The summed E-state index contributed by atoms with van der Waals surface area (Å²) in [7, 11) is 0. The van der Waals surface area contributed by atoms with Crippen LogP contribution in [0.15, 0.2) is 109 Å². The molecule has 0 unspecified atom stereocenters. The molecule has 0 spiro atoms. The molecule has 6 nitrogen and oxygen atoms in total. The first-order chi connectivity index (χ1) is 34.0. The number of unbranched alkanes of at least 4 members (excludes halogenated alkanes) is 21. The van der Waals surface area contributed by atoms with E-state index in [2.05, 4.69) is 130 Å². The van der Waals surface area contributed by atoms with Gasteiger partial charge in [0.2, 0.25) is 0 Å². The van der Waals surface area contributed by atoms with E-state index >= 15 is 0 Å². The maximum absolute atomic E-state index is 12.9. The third kappa shape index (κ3) is 54.9. The van der Waals surface area contributed by atoms with Crippen LogP contribution < -0.4 is 0 Å². The fourth-order valence-corrected chi connectivity index (χ4v) is 7.47. The number of allylic oxidation sites excluding steroid dienone is 18. The second-order valence-corrected chi connectivity index (χ2v) is 18.5. The van der Waals surface area contributed by atoms with Crippen LogP contribution in [-0.4, -0.2) is 37.2 Å². The molecule has 392 valence electrons. The van der Waals surface area contributed by atoms with Crippen LogP contribution in [0.5, 0.6) is 0 Å². The van der Waals surface area contributed by atoms with Crippen LogP contribution in [0.2, 0.25) is 0 Å². The maximum atomic E-state index is 12.9. The van der Waals surface area contributed by atoms with Gasteiger partial charge in [-0.3, -0.25) is 14.4 Å². The Kier molecular flexibility index (Phi) is 53.4. The van der Waals surface area contributed by atoms with Gasteiger partial charge in [0.1, 0.15) is 13.2 Å². The standard InChI is InChI=1S/C63H104O6/c1-4-7-10-13-16-19-22-25-28-30-31-33-36-39-42-45-48-51-54-57-63(66)69-60(58-67-61(64)55-52-49-46-43-40-37-34-27-24-21-18-15-12-9-6-3)59-68-62(65)56-53-50-47-44-41-38-35-32-29-26-23-20-17-14-11-8-5-2/h7,10,16-17,19-21,24-26,28-29,31,33,35,38-39,42,60H,4-6,8-9,11-15,18,22-23,27,30,32,34,36-37,40-41,43-59H2,1-3H3/b10-7-,19-16-,20-17-,24-21-,28-25-,29-26-,33-31-,38-35-,42-39-/t60-/m0/s1. The van der Waals surface area contributed by atoms with Crippen molar-refractivity contribution in [1.29, 1.82) is 0 Å². The molecule has 0 N–H and O–H groups in total. The number of ether oxygens (including phenoxy) is 3. The van der Waals surface area contributed by atoms with Gasteiger partial charge in [0.05, 0.1) is 0 Å². The van der Waals surface area contributed by atoms with Crippen molar-refractivity contribution in [2.24, 2.45) is 0 Å². The van der Waals surface area contributed by atoms with Gasteiger partial charge >= 0.3 is 17.9 Å². The van der Waals surface area contributed by atoms with Crippen molar-refractivity contribution in [3.63, 3.8) is 0 Å². The van der Waals surface area contributed by atoms with Crippen LogP contribution in [-0.2, 0) is 28.6 Å². The first-order valence-electron chi connectivity index (χ1n) is 28.4. The Labute approximate surface area is 425 Å². The van der Waals surface area contributed by atoms with Crippen molar-refractivity contribution in [3.8, 4) is 0 Å². The Bertz CT molecular complexity index is 1420. The maximum Gasteiger partial charge on any atom is 0.306 e. The lowest BCUT2D eigenvalue weighted by Gasteiger charge is -2.18. The molecule has 6 heteroatoms. The minimum Gasteiger partial charge on any atom is -0.462 e. The molecule has 0 saturated carbocycles. The van der Waals surface area contributed by atoms with E-state index in [0.29, 0.717) is 12.8 Å². The molecule has 69 heavy (non-hydrogen) atoms. The summed E-state index contributed by atoms with van der Waals surface area (Å²) in [6, 6.07) is 0. The molecule has 0 aromatic rings. The molecule has 0 bridgehead atoms. The smallest absolute Gasteiger partial charge is 0.306 e. The Balaban J connectivity index is 4.52. The van der Waals surface area contributed by atoms with Gasteiger partial charge in [0, 0.05) is 19.3 Å². The summed E-state index contributed by atoms with van der Waals surface area (Å²) in [6.07, 6.45) is 76.4. The Morgan fingerprint density at radius 1 is 0.304 bits per heavy atom. The van der Waals surface area contributed by atoms with Crippen LogP contribution >= 0.6 is 0 Å². The predicted octanol–water partition coefficient (Wildman–Crippen LogP) is 19.1. The molecule has 0 aliphatic heterocycles. The van der Waals surface area contributed by atoms with Crippen molar-refractivity contribution in [2.75, 3.05) is 13.2 Å². The number of carbonyl (C=O) groups is 3. The van der Waals surface area contributed by atoms with Crippen LogP contribution in [0, 0.1) is 0 Å². The van der Waals surface area contributed by atoms with Crippen molar-refractivity contribution in [2.45, 2.75) is 258 Å². The van der Waals surface area contributed by atoms with Gasteiger partial charge < -0.3 is 14.2 Å². The molecule has 0 heterocycles. The van der Waals surface area contributed by atoms with E-state index < -0.39 is 6.10 Å². The number of esters is 3. The summed E-state index contributed by atoms with van der Waals surface area (Å²) in [5, 5.41) is 0. The fourth-order valence-electron chi connectivity index (χ4n) is 7.47. The molecule has 0 aromatic carbocycles. The molecule has 1 atom stereocenters. The average Bonchev–Trinajstić information content (AvgIpc) is 3.35. The van der Waals surface area contributed by atoms with E-state index in [1.165, 1.54) is 89.9 Å². The number of hydrogen-bond donors (Lipinski definition) is 0. The van der Waals surface area contributed by atoms with E-state index in [1.807, 2.05) is 0 Å². The van der Waals surface area contributed by atoms with Crippen molar-refractivity contribution in [1.82, 2.24) is 0 Å². The van der Waals surface area contributed by atoms with Gasteiger partial charge in [0.25, 0.3) is 0 Å². The first-order valence-corrected chi connectivity index (χ1v) is 28.4. The highest BCUT2D eigenvalue weighted by Crippen LogP contribution is 2.13. The SMILES string of the molecule is CC/C=C\C/C=C\C/C=C\C/C=C\C/C=C\CCCCCC(=O)O[C@H](COC(=O)CCCCCC/C=C\C/C=C\C/C=C\CCCCC)COC(=O)CCCCCCCCC/C=C\CCCCCC. The lowest BCUT2D eigenvalue weighted by molar-refractivity contribution is -0.167. The van der Waals surface area contributed by atoms with Crippen LogP contribution in [0.4, 0.5) is 0 Å². The summed E-state index contributed by atoms with van der Waals surface area (Å²) in [4.78, 5) is 38.1. The van der Waals surface area contributed by atoms with Gasteiger partial charge in [0.15, 0.2) is 6.10 Å². The summed E-state index contributed by atoms with van der Waals surface area (Å²) in [6.45, 7) is 6.43. The number of hydrogen-bond acceptors (Lipinski definition) is 6. The van der Waals surface area contributed by atoms with Crippen molar-refractivity contribution >= 4 is 17.9 Å². The van der Waals surface area contributed by atoms with Gasteiger partial charge in [-0.15, -0.1) is 0 Å². The quantitative estimate of drug-likeness (QED) is 0.0262. The second-order valence-electron chi connectivity index (χ2n) is 18.5. The number of carbonyl (C=O) groups excluding carboxylic acids is 3. The van der Waals surface area contributed by atoms with E-state index in [9.17, 15) is 14.4 Å². The minimum atomic E-state index is -0.809. The first kappa shape index (κ1) is 65.1. The molecule has 0 aliphatic carbocycles. The van der Waals surface area contributed by atoms with Gasteiger partial charge in [-0.05, 0) is 128 Å². The normalized spacial score (nSPS) is 12.9. The molecule has 0 amide bonds. The van der Waals surface area contributed by atoms with E-state index in [-0.39, 0.29) is 37.5 Å². The highest BCUT2D eigenvalue weighted by Gasteiger charge is 2.19. The van der Waals surface area contributed by atoms with E-state index in [4.69, 9.17) is 14.2 Å². The Morgan fingerprint density at radius 3 is 0.942 bits per heavy atom. The fraction of sp³-hybridized carbons (Fsp3) is 0.667. The molecule has 0 fully saturated rings. The predicted molar refractivity (Wildman–Crippen MR) is 297 cm³/mol. The molecular weight excluding hydrogens is 853 g/mol. The van der Waals surface area contributed by atoms with Gasteiger partial charge in [-0.2, -0.15) is 0 Å². The summed E-state index contributed by atoms with van der Waals surface area (Å²) < 4.78 is 16.8. The third-order valence-corrected chi connectivity index (χ3v) is 11.7. The molecular formula is C63H104O6. The Hall–Kier alpha value is -3.93. The summed E-state index contributed by atoms with van der Waals surface area (Å²) >= 11 is 0. The molecule has 0 aliphatic rings. The van der Waals surface area contributed by atoms with Crippen LogP contribution in [0.3, 0.4) is 0 Å². The molecule has 0 rings (SSSR count). The van der Waals surface area contributed by atoms with Gasteiger partial charge in [-0.25, -0.2) is 0 Å². The van der Waals surface area contributed by atoms with Crippen LogP contribution in [0.1, 0.15) is 252 Å². The van der Waals surface area contributed by atoms with Crippen molar-refractivity contribution < 1.29 is 28.6 Å². The average molecular weight is 958 g/mol. The monoisotopic (exact) mass is 957 g/mol. The zero-order valence-electron chi connectivity index (χ0n) is 44.8. The van der Waals surface area contributed by atoms with E-state index in [1.54, 1.807) is 0 Å². The summed E-state index contributed by atoms with van der Waals surface area (Å²) in [5.74, 6) is -0.962. The Morgan fingerprint density at radius 2 is 0.565 bits per heavy atom. The molecule has 0 aromatic heterocycles. The highest BCUT2D eigenvalue weighted by atomic mass is 16.6. The molecule has 0 radical (unpaired) electrons. The lowest BCUT2D eigenvalue weighted by atomic mass is 10.1. The van der Waals surface area contributed by atoms with Gasteiger partial charge in [-0.1, -0.05) is 214 Å².